The first kappa shape index (κ1) is 17.6. The Morgan fingerprint density at radius 3 is 2.38 bits per heavy atom. The zero-order valence-corrected chi connectivity index (χ0v) is 14.6. The van der Waals surface area contributed by atoms with Crippen LogP contribution in [-0.2, 0) is 11.2 Å². The van der Waals surface area contributed by atoms with E-state index >= 15 is 0 Å². The maximum Gasteiger partial charge on any atom is 0.248 e. The van der Waals surface area contributed by atoms with Gasteiger partial charge in [0.05, 0.1) is 14.2 Å². The maximum atomic E-state index is 12.2. The average molecular weight is 325 g/mol. The summed E-state index contributed by atoms with van der Waals surface area (Å²) in [6.45, 7) is 3.98. The number of hydrogen-bond donors (Lipinski definition) is 1. The van der Waals surface area contributed by atoms with Gasteiger partial charge in [-0.1, -0.05) is 19.1 Å². The van der Waals surface area contributed by atoms with Gasteiger partial charge in [0.2, 0.25) is 5.91 Å². The molecule has 0 heterocycles. The fourth-order valence-corrected chi connectivity index (χ4v) is 2.40. The van der Waals surface area contributed by atoms with E-state index in [-0.39, 0.29) is 5.91 Å². The van der Waals surface area contributed by atoms with E-state index in [1.54, 1.807) is 26.4 Å². The molecule has 2 aromatic carbocycles. The van der Waals surface area contributed by atoms with E-state index in [0.717, 1.165) is 23.2 Å². The number of benzene rings is 2. The highest BCUT2D eigenvalue weighted by atomic mass is 16.5. The Bertz CT molecular complexity index is 733. The quantitative estimate of drug-likeness (QED) is 0.805. The molecule has 4 heteroatoms. The number of ether oxygens (including phenoxy) is 2. The molecule has 0 saturated carbocycles. The molecule has 1 N–H and O–H groups in total. The second-order valence-corrected chi connectivity index (χ2v) is 5.43. The highest BCUT2D eigenvalue weighted by Crippen LogP contribution is 2.29. The molecule has 24 heavy (non-hydrogen) atoms. The lowest BCUT2D eigenvalue weighted by atomic mass is 10.1. The summed E-state index contributed by atoms with van der Waals surface area (Å²) in [4.78, 5) is 12.2. The summed E-state index contributed by atoms with van der Waals surface area (Å²) >= 11 is 0. The molecule has 2 aromatic rings. The number of carbonyl (C=O) groups excluding carboxylic acids is 1. The average Bonchev–Trinajstić information content (AvgIpc) is 2.61. The van der Waals surface area contributed by atoms with Crippen LogP contribution in [0.1, 0.15) is 25.0 Å². The number of anilines is 1. The van der Waals surface area contributed by atoms with Gasteiger partial charge in [0, 0.05) is 23.4 Å². The molecule has 0 aliphatic heterocycles. The predicted octanol–water partition coefficient (Wildman–Crippen LogP) is 4.31. The van der Waals surface area contributed by atoms with Crippen LogP contribution in [0.4, 0.5) is 5.69 Å². The van der Waals surface area contributed by atoms with Crippen LogP contribution in [0.3, 0.4) is 0 Å². The number of allylic oxidation sites excluding steroid dienone is 1. The molecule has 2 rings (SSSR count). The van der Waals surface area contributed by atoms with E-state index in [1.807, 2.05) is 43.3 Å². The van der Waals surface area contributed by atoms with E-state index in [9.17, 15) is 4.79 Å². The standard InChI is InChI=1S/C20H23NO3/c1-5-15-6-8-16(9-7-15)21-20(22)12-14(2)18-11-10-17(23-3)13-19(18)24-4/h6-13H,5H2,1-4H3,(H,21,22)/b14-12+. The van der Waals surface area contributed by atoms with Crippen molar-refractivity contribution in [2.45, 2.75) is 20.3 Å². The van der Waals surface area contributed by atoms with Crippen LogP contribution in [0.25, 0.3) is 5.57 Å². The third kappa shape index (κ3) is 4.38. The minimum absolute atomic E-state index is 0.172. The van der Waals surface area contributed by atoms with Gasteiger partial charge in [-0.2, -0.15) is 0 Å². The van der Waals surface area contributed by atoms with Crippen LogP contribution in [0, 0.1) is 0 Å². The van der Waals surface area contributed by atoms with Crippen molar-refractivity contribution in [2.75, 3.05) is 19.5 Å². The molecule has 0 aromatic heterocycles. The molecule has 0 atom stereocenters. The zero-order valence-electron chi connectivity index (χ0n) is 14.6. The van der Waals surface area contributed by atoms with Crippen LogP contribution < -0.4 is 14.8 Å². The molecular formula is C20H23NO3. The number of nitrogens with one attached hydrogen (secondary N) is 1. The summed E-state index contributed by atoms with van der Waals surface area (Å²) in [5.74, 6) is 1.21. The van der Waals surface area contributed by atoms with Crippen LogP contribution in [-0.4, -0.2) is 20.1 Å². The monoisotopic (exact) mass is 325 g/mol. The molecule has 0 radical (unpaired) electrons. The lowest BCUT2D eigenvalue weighted by Gasteiger charge is -2.11. The third-order valence-electron chi connectivity index (χ3n) is 3.81. The highest BCUT2D eigenvalue weighted by molar-refractivity contribution is 6.04. The minimum Gasteiger partial charge on any atom is -0.497 e. The summed E-state index contributed by atoms with van der Waals surface area (Å²) in [5.41, 5.74) is 3.69. The second kappa shape index (κ2) is 8.20. The van der Waals surface area contributed by atoms with Gasteiger partial charge in [0.25, 0.3) is 0 Å². The normalized spacial score (nSPS) is 11.1. The predicted molar refractivity (Wildman–Crippen MR) is 97.6 cm³/mol. The van der Waals surface area contributed by atoms with Crippen molar-refractivity contribution in [1.82, 2.24) is 0 Å². The van der Waals surface area contributed by atoms with Crippen molar-refractivity contribution in [3.8, 4) is 11.5 Å². The Morgan fingerprint density at radius 2 is 1.79 bits per heavy atom. The summed E-state index contributed by atoms with van der Waals surface area (Å²) in [5, 5.41) is 2.87. The molecular weight excluding hydrogens is 302 g/mol. The van der Waals surface area contributed by atoms with Gasteiger partial charge in [-0.05, 0) is 48.7 Å². The molecule has 1 amide bonds. The molecule has 126 valence electrons. The third-order valence-corrected chi connectivity index (χ3v) is 3.81. The van der Waals surface area contributed by atoms with Gasteiger partial charge in [0.1, 0.15) is 11.5 Å². The molecule has 0 aliphatic carbocycles. The number of methoxy groups -OCH3 is 2. The SMILES string of the molecule is CCc1ccc(NC(=O)/C=C(\C)c2ccc(OC)cc2OC)cc1. The van der Waals surface area contributed by atoms with Crippen molar-refractivity contribution in [1.29, 1.82) is 0 Å². The van der Waals surface area contributed by atoms with Gasteiger partial charge in [-0.25, -0.2) is 0 Å². The lowest BCUT2D eigenvalue weighted by Crippen LogP contribution is -2.08. The molecule has 0 unspecified atom stereocenters. The highest BCUT2D eigenvalue weighted by Gasteiger charge is 2.08. The lowest BCUT2D eigenvalue weighted by molar-refractivity contribution is -0.111. The van der Waals surface area contributed by atoms with Gasteiger partial charge >= 0.3 is 0 Å². The smallest absolute Gasteiger partial charge is 0.248 e. The fraction of sp³-hybridized carbons (Fsp3) is 0.250. The number of rotatable bonds is 6. The van der Waals surface area contributed by atoms with E-state index in [2.05, 4.69) is 12.2 Å². The largest absolute Gasteiger partial charge is 0.497 e. The summed E-state index contributed by atoms with van der Waals surface area (Å²) in [7, 11) is 3.20. The summed E-state index contributed by atoms with van der Waals surface area (Å²) in [6, 6.07) is 13.4. The van der Waals surface area contributed by atoms with E-state index in [4.69, 9.17) is 9.47 Å². The van der Waals surface area contributed by atoms with Crippen molar-refractivity contribution >= 4 is 17.2 Å². The Morgan fingerprint density at radius 1 is 1.08 bits per heavy atom. The van der Waals surface area contributed by atoms with Crippen molar-refractivity contribution < 1.29 is 14.3 Å². The van der Waals surface area contributed by atoms with Crippen LogP contribution in [0.5, 0.6) is 11.5 Å². The number of amides is 1. The minimum atomic E-state index is -0.172. The van der Waals surface area contributed by atoms with Crippen LogP contribution in [0.15, 0.2) is 48.5 Å². The number of carbonyl (C=O) groups is 1. The zero-order chi connectivity index (χ0) is 17.5. The molecule has 0 spiro atoms. The van der Waals surface area contributed by atoms with E-state index in [0.29, 0.717) is 11.5 Å². The van der Waals surface area contributed by atoms with Gasteiger partial charge in [-0.3, -0.25) is 4.79 Å². The van der Waals surface area contributed by atoms with Crippen molar-refractivity contribution in [2.24, 2.45) is 0 Å². The summed E-state index contributed by atoms with van der Waals surface area (Å²) < 4.78 is 10.6. The second-order valence-electron chi connectivity index (χ2n) is 5.43. The first-order valence-corrected chi connectivity index (χ1v) is 7.88. The summed E-state index contributed by atoms with van der Waals surface area (Å²) in [6.07, 6.45) is 2.54. The maximum absolute atomic E-state index is 12.2. The first-order chi connectivity index (χ1) is 11.6. The Hall–Kier alpha value is -2.75. The molecule has 0 bridgehead atoms. The Kier molecular flexibility index (Phi) is 6.01. The van der Waals surface area contributed by atoms with E-state index < -0.39 is 0 Å². The van der Waals surface area contributed by atoms with Crippen molar-refractivity contribution in [3.05, 3.63) is 59.7 Å². The molecule has 4 nitrogen and oxygen atoms in total. The molecule has 0 saturated heterocycles. The Labute approximate surface area is 143 Å². The topological polar surface area (TPSA) is 47.6 Å². The van der Waals surface area contributed by atoms with Gasteiger partial charge < -0.3 is 14.8 Å². The van der Waals surface area contributed by atoms with Gasteiger partial charge in [-0.15, -0.1) is 0 Å². The van der Waals surface area contributed by atoms with E-state index in [1.165, 1.54) is 5.56 Å². The van der Waals surface area contributed by atoms with Crippen LogP contribution in [0.2, 0.25) is 0 Å². The molecule has 0 aliphatic rings. The van der Waals surface area contributed by atoms with Gasteiger partial charge in [0.15, 0.2) is 0 Å². The number of aryl methyl sites for hydroxylation is 1. The fourth-order valence-electron chi connectivity index (χ4n) is 2.40. The van der Waals surface area contributed by atoms with Crippen molar-refractivity contribution in [3.63, 3.8) is 0 Å². The molecule has 0 fully saturated rings. The Balaban J connectivity index is 2.15. The first-order valence-electron chi connectivity index (χ1n) is 7.88. The number of hydrogen-bond acceptors (Lipinski definition) is 3. The van der Waals surface area contributed by atoms with Crippen LogP contribution >= 0.6 is 0 Å².